The van der Waals surface area contributed by atoms with Crippen molar-refractivity contribution in [1.82, 2.24) is 24.8 Å². The van der Waals surface area contributed by atoms with Crippen molar-refractivity contribution in [3.05, 3.63) is 30.0 Å². The van der Waals surface area contributed by atoms with Crippen molar-refractivity contribution in [1.29, 1.82) is 0 Å². The zero-order valence-electron chi connectivity index (χ0n) is 14.4. The summed E-state index contributed by atoms with van der Waals surface area (Å²) in [5.41, 5.74) is 1.68. The van der Waals surface area contributed by atoms with Crippen LogP contribution in [0.15, 0.2) is 18.6 Å². The summed E-state index contributed by atoms with van der Waals surface area (Å²) in [6.45, 7) is 3.17. The van der Waals surface area contributed by atoms with Crippen molar-refractivity contribution in [2.75, 3.05) is 42.2 Å². The molecular weight excluding hydrogens is 336 g/mol. The lowest BCUT2D eigenvalue weighted by atomic mass is 10.1. The molecule has 0 spiro atoms. The van der Waals surface area contributed by atoms with Crippen LogP contribution in [0.4, 0.5) is 17.5 Å². The zero-order chi connectivity index (χ0) is 18.3. The van der Waals surface area contributed by atoms with E-state index in [0.717, 1.165) is 0 Å². The van der Waals surface area contributed by atoms with Gasteiger partial charge in [-0.3, -0.25) is 14.6 Å². The number of carbonyl (C=O) groups excluding carboxylic acids is 2. The van der Waals surface area contributed by atoms with Crippen LogP contribution in [-0.4, -0.2) is 69.4 Å². The zero-order valence-corrected chi connectivity index (χ0v) is 14.4. The van der Waals surface area contributed by atoms with Gasteiger partial charge in [0.2, 0.25) is 11.9 Å². The molecule has 2 aliphatic heterocycles. The summed E-state index contributed by atoms with van der Waals surface area (Å²) < 4.78 is 0. The SMILES string of the molecule is Cc1nc(NC2CN(C(=O)c3cnccn3)C2)nc2c1NC(=O)CN2C. The Bertz CT molecular complexity index is 866. The Balaban J connectivity index is 1.42. The Morgan fingerprint density at radius 2 is 2.12 bits per heavy atom. The second-order valence-electron chi connectivity index (χ2n) is 6.38. The van der Waals surface area contributed by atoms with E-state index in [0.29, 0.717) is 41.9 Å². The third-order valence-corrected chi connectivity index (χ3v) is 4.36. The van der Waals surface area contributed by atoms with Crippen LogP contribution in [0.25, 0.3) is 0 Å². The summed E-state index contributed by atoms with van der Waals surface area (Å²) in [4.78, 5) is 44.3. The van der Waals surface area contributed by atoms with Crippen LogP contribution in [0.5, 0.6) is 0 Å². The molecule has 2 aliphatic rings. The Labute approximate surface area is 149 Å². The number of fused-ring (bicyclic) bond motifs is 1. The molecule has 1 fully saturated rings. The highest BCUT2D eigenvalue weighted by atomic mass is 16.2. The molecule has 26 heavy (non-hydrogen) atoms. The predicted octanol–water partition coefficient (Wildman–Crippen LogP) is -0.100. The summed E-state index contributed by atoms with van der Waals surface area (Å²) in [6.07, 6.45) is 4.50. The Morgan fingerprint density at radius 3 is 2.85 bits per heavy atom. The molecule has 10 nitrogen and oxygen atoms in total. The van der Waals surface area contributed by atoms with Crippen LogP contribution in [0, 0.1) is 6.92 Å². The second kappa shape index (κ2) is 6.21. The van der Waals surface area contributed by atoms with Crippen LogP contribution in [0.3, 0.4) is 0 Å². The fourth-order valence-electron chi connectivity index (χ4n) is 3.00. The average Bonchev–Trinajstić information content (AvgIpc) is 2.59. The van der Waals surface area contributed by atoms with Crippen LogP contribution in [0.1, 0.15) is 16.2 Å². The van der Waals surface area contributed by atoms with Gasteiger partial charge in [0.15, 0.2) is 5.82 Å². The largest absolute Gasteiger partial charge is 0.348 e. The van der Waals surface area contributed by atoms with Gasteiger partial charge in [-0.05, 0) is 6.92 Å². The lowest BCUT2D eigenvalue weighted by Crippen LogP contribution is -2.57. The molecule has 0 radical (unpaired) electrons. The van der Waals surface area contributed by atoms with Crippen molar-refractivity contribution in [3.63, 3.8) is 0 Å². The van der Waals surface area contributed by atoms with Crippen LogP contribution in [-0.2, 0) is 4.79 Å². The van der Waals surface area contributed by atoms with Crippen molar-refractivity contribution in [3.8, 4) is 0 Å². The highest BCUT2D eigenvalue weighted by Gasteiger charge is 2.33. The van der Waals surface area contributed by atoms with E-state index in [1.165, 1.54) is 18.6 Å². The predicted molar refractivity (Wildman–Crippen MR) is 94.0 cm³/mol. The van der Waals surface area contributed by atoms with Gasteiger partial charge in [-0.25, -0.2) is 9.97 Å². The molecular formula is C16H18N8O2. The van der Waals surface area contributed by atoms with Crippen molar-refractivity contribution in [2.45, 2.75) is 13.0 Å². The van der Waals surface area contributed by atoms with E-state index in [-0.39, 0.29) is 24.4 Å². The minimum absolute atomic E-state index is 0.0663. The molecule has 4 heterocycles. The Kier molecular flexibility index (Phi) is 3.86. The van der Waals surface area contributed by atoms with E-state index >= 15 is 0 Å². The van der Waals surface area contributed by atoms with Gasteiger partial charge in [0.1, 0.15) is 11.4 Å². The van der Waals surface area contributed by atoms with Crippen LogP contribution >= 0.6 is 0 Å². The molecule has 2 aromatic rings. The van der Waals surface area contributed by atoms with Crippen LogP contribution < -0.4 is 15.5 Å². The van der Waals surface area contributed by atoms with E-state index in [1.54, 1.807) is 9.80 Å². The van der Waals surface area contributed by atoms with Gasteiger partial charge in [-0.2, -0.15) is 4.98 Å². The molecule has 4 rings (SSSR count). The number of hydrogen-bond donors (Lipinski definition) is 2. The summed E-state index contributed by atoms with van der Waals surface area (Å²) in [5, 5.41) is 6.05. The molecule has 0 unspecified atom stereocenters. The fraction of sp³-hybridized carbons (Fsp3) is 0.375. The number of likely N-dealkylation sites (N-methyl/N-ethyl adjacent to an activating group) is 1. The first kappa shape index (κ1) is 16.2. The number of anilines is 3. The minimum Gasteiger partial charge on any atom is -0.348 e. The highest BCUT2D eigenvalue weighted by Crippen LogP contribution is 2.30. The fourth-order valence-corrected chi connectivity index (χ4v) is 3.00. The number of nitrogens with zero attached hydrogens (tertiary/aromatic N) is 6. The lowest BCUT2D eigenvalue weighted by molar-refractivity contribution is -0.115. The third kappa shape index (κ3) is 2.89. The van der Waals surface area contributed by atoms with Gasteiger partial charge < -0.3 is 20.4 Å². The van der Waals surface area contributed by atoms with Gasteiger partial charge in [0.25, 0.3) is 5.91 Å². The smallest absolute Gasteiger partial charge is 0.274 e. The van der Waals surface area contributed by atoms with Crippen LogP contribution in [0.2, 0.25) is 0 Å². The topological polar surface area (TPSA) is 116 Å². The number of aromatic nitrogens is 4. The normalized spacial score (nSPS) is 16.6. The van der Waals surface area contributed by atoms with Gasteiger partial charge in [-0.1, -0.05) is 0 Å². The van der Waals surface area contributed by atoms with E-state index < -0.39 is 0 Å². The molecule has 0 atom stereocenters. The van der Waals surface area contributed by atoms with Crippen molar-refractivity contribution >= 4 is 29.3 Å². The molecule has 2 N–H and O–H groups in total. The van der Waals surface area contributed by atoms with E-state index in [1.807, 2.05) is 14.0 Å². The van der Waals surface area contributed by atoms with E-state index in [2.05, 4.69) is 30.6 Å². The maximum absolute atomic E-state index is 12.3. The Hall–Kier alpha value is -3.30. The first-order valence-corrected chi connectivity index (χ1v) is 8.22. The first-order valence-electron chi connectivity index (χ1n) is 8.22. The molecule has 1 saturated heterocycles. The average molecular weight is 354 g/mol. The monoisotopic (exact) mass is 354 g/mol. The van der Waals surface area contributed by atoms with Gasteiger partial charge in [0, 0.05) is 32.5 Å². The highest BCUT2D eigenvalue weighted by molar-refractivity contribution is 6.00. The van der Waals surface area contributed by atoms with Gasteiger partial charge >= 0.3 is 0 Å². The molecule has 2 amide bonds. The Morgan fingerprint density at radius 1 is 1.31 bits per heavy atom. The number of amides is 2. The van der Waals surface area contributed by atoms with Crippen molar-refractivity contribution in [2.24, 2.45) is 0 Å². The number of carbonyl (C=O) groups is 2. The number of nitrogens with one attached hydrogen (secondary N) is 2. The maximum atomic E-state index is 12.3. The minimum atomic E-state index is -0.138. The van der Waals surface area contributed by atoms with E-state index in [4.69, 9.17) is 0 Å². The molecule has 10 heteroatoms. The molecule has 0 aliphatic carbocycles. The number of likely N-dealkylation sites (tertiary alicyclic amines) is 1. The maximum Gasteiger partial charge on any atom is 0.274 e. The first-order chi connectivity index (χ1) is 12.5. The van der Waals surface area contributed by atoms with Gasteiger partial charge in [0.05, 0.1) is 24.5 Å². The van der Waals surface area contributed by atoms with Gasteiger partial charge in [-0.15, -0.1) is 0 Å². The number of aryl methyl sites for hydroxylation is 1. The van der Waals surface area contributed by atoms with Crippen molar-refractivity contribution < 1.29 is 9.59 Å². The lowest BCUT2D eigenvalue weighted by Gasteiger charge is -2.39. The summed E-state index contributed by atoms with van der Waals surface area (Å²) >= 11 is 0. The second-order valence-corrected chi connectivity index (χ2v) is 6.38. The third-order valence-electron chi connectivity index (χ3n) is 4.36. The molecule has 0 saturated carbocycles. The number of hydrogen-bond acceptors (Lipinski definition) is 8. The summed E-state index contributed by atoms with van der Waals surface area (Å²) in [5.74, 6) is 0.956. The molecule has 0 bridgehead atoms. The number of rotatable bonds is 3. The summed E-state index contributed by atoms with van der Waals surface area (Å²) in [6, 6.07) is 0.0663. The standard InChI is InChI=1S/C16H18N8O2/c1-9-13-14(23(2)8-12(25)21-13)22-16(19-9)20-10-6-24(7-10)15(26)11-5-17-3-4-18-11/h3-5,10H,6-8H2,1-2H3,(H,21,25)(H,19,20,22). The summed E-state index contributed by atoms with van der Waals surface area (Å²) in [7, 11) is 1.82. The quantitative estimate of drug-likeness (QED) is 0.785. The molecule has 0 aromatic carbocycles. The van der Waals surface area contributed by atoms with E-state index in [9.17, 15) is 9.59 Å². The molecule has 134 valence electrons. The molecule has 2 aromatic heterocycles.